The average Bonchev–Trinajstić information content (AvgIpc) is 3.96. The smallest absolute Gasteiger partial charge is 0.341 e. The molecule has 6 rings (SSSR count). The minimum absolute atomic E-state index is 0.0112. The van der Waals surface area contributed by atoms with Gasteiger partial charge in [-0.05, 0) is 70.0 Å². The van der Waals surface area contributed by atoms with Crippen LogP contribution in [0.25, 0.3) is 10.9 Å². The van der Waals surface area contributed by atoms with E-state index in [1.54, 1.807) is 35.1 Å². The number of piperazine rings is 1. The first kappa shape index (κ1) is 45.2. The summed E-state index contributed by atoms with van der Waals surface area (Å²) in [7, 11) is -8.09. The van der Waals surface area contributed by atoms with Crippen molar-refractivity contribution < 1.29 is 57.2 Å². The highest BCUT2D eigenvalue weighted by atomic mass is 31.2. The number of carbonyl (C=O) groups excluding carboxylic acids is 2. The molecule has 59 heavy (non-hydrogen) atoms. The largest absolute Gasteiger partial charge is 0.492 e. The number of nitrogens with zero attached hydrogens (tertiary/aromatic N) is 4. The zero-order valence-corrected chi connectivity index (χ0v) is 35.6. The maximum atomic E-state index is 15.9. The van der Waals surface area contributed by atoms with Crippen LogP contribution in [0.1, 0.15) is 80.3 Å². The molecule has 1 amide bonds. The highest BCUT2D eigenvalue weighted by Gasteiger charge is 2.38. The van der Waals surface area contributed by atoms with Crippen molar-refractivity contribution in [3.05, 3.63) is 87.2 Å². The predicted molar refractivity (Wildman–Crippen MR) is 219 cm³/mol. The van der Waals surface area contributed by atoms with Crippen LogP contribution in [-0.4, -0.2) is 90.8 Å². The lowest BCUT2D eigenvalue weighted by Crippen LogP contribution is -2.55. The number of carboxylic acids is 1. The molecule has 4 N–H and O–H groups in total. The molecule has 2 aliphatic rings. The van der Waals surface area contributed by atoms with E-state index in [4.69, 9.17) is 9.47 Å². The second-order valence-corrected chi connectivity index (χ2v) is 20.0. The normalized spacial score (nSPS) is 16.8. The van der Waals surface area contributed by atoms with E-state index in [0.717, 1.165) is 43.3 Å². The van der Waals surface area contributed by atoms with Crippen molar-refractivity contribution in [2.45, 2.75) is 78.3 Å². The van der Waals surface area contributed by atoms with E-state index in [1.165, 1.54) is 25.4 Å². The highest BCUT2D eigenvalue weighted by molar-refractivity contribution is 7.77. The van der Waals surface area contributed by atoms with E-state index in [-0.39, 0.29) is 71.4 Å². The van der Waals surface area contributed by atoms with Gasteiger partial charge in [-0.1, -0.05) is 19.9 Å². The van der Waals surface area contributed by atoms with Crippen molar-refractivity contribution >= 4 is 54.7 Å². The van der Waals surface area contributed by atoms with Gasteiger partial charge in [0.25, 0.3) is 0 Å². The summed E-state index contributed by atoms with van der Waals surface area (Å²) in [6.07, 6.45) is 2.60. The van der Waals surface area contributed by atoms with Crippen LogP contribution < -0.4 is 25.1 Å². The Balaban J connectivity index is 0.000000738. The SMILES string of the molecule is COc1c(N2CCN(C(=O)CC(C)(C)c3cc(P(=O)(O)CP(=O)(O)O)ccc3OC(C)=O)C(C)C2)c(F)cc2c(=O)c(C(=O)O)cn(C3CC3)c12.Cc1cccc(C)n1. The second kappa shape index (κ2) is 17.4. The first-order chi connectivity index (χ1) is 27.4. The third-order valence-corrected chi connectivity index (χ3v) is 14.3. The van der Waals surface area contributed by atoms with Crippen LogP contribution >= 0.6 is 15.0 Å². The van der Waals surface area contributed by atoms with Crippen LogP contribution in [0.15, 0.2) is 53.5 Å². The molecule has 0 bridgehead atoms. The zero-order chi connectivity index (χ0) is 43.8. The summed E-state index contributed by atoms with van der Waals surface area (Å²) in [4.78, 5) is 87.4. The molecule has 0 spiro atoms. The summed E-state index contributed by atoms with van der Waals surface area (Å²) in [5.74, 6) is -4.42. The standard InChI is InChI=1S/C33H40FN3O12P2.C7H9N/c1-18-15-35(29-25(34)13-22-28(31(29)48-5)37(20-6-7-20)16-23(30(22)40)32(41)42)10-11-36(18)27(39)14-33(3,4)24-12-21(8-9-26(24)49-19(2)38)50(43,44)17-51(45,46)47;1-6-4-3-5-7(2)8-6/h8-9,12-13,16,18,20H,6-7,10-11,14-15,17H2,1-5H3,(H,41,42)(H,43,44)(H2,45,46,47);3-5H,1-2H3. The molecule has 4 aromatic rings. The van der Waals surface area contributed by atoms with Gasteiger partial charge in [0.15, 0.2) is 11.6 Å². The number of ether oxygens (including phenoxy) is 2. The van der Waals surface area contributed by atoms with Crippen LogP contribution in [0.3, 0.4) is 0 Å². The Labute approximate surface area is 340 Å². The first-order valence-corrected chi connectivity index (χ1v) is 22.4. The maximum Gasteiger partial charge on any atom is 0.341 e. The van der Waals surface area contributed by atoms with Crippen LogP contribution in [0.5, 0.6) is 11.5 Å². The molecule has 2 aromatic heterocycles. The van der Waals surface area contributed by atoms with Crippen molar-refractivity contribution in [2.75, 3.05) is 37.5 Å². The van der Waals surface area contributed by atoms with Crippen LogP contribution in [0.4, 0.5) is 10.1 Å². The summed E-state index contributed by atoms with van der Waals surface area (Å²) >= 11 is 0. The summed E-state index contributed by atoms with van der Waals surface area (Å²) in [6, 6.07) is 10.1. The molecule has 0 radical (unpaired) electrons. The van der Waals surface area contributed by atoms with Gasteiger partial charge in [0.2, 0.25) is 18.7 Å². The number of hydrogen-bond donors (Lipinski definition) is 4. The molecule has 2 fully saturated rings. The Bertz CT molecular complexity index is 2450. The van der Waals surface area contributed by atoms with Gasteiger partial charge in [-0.25, -0.2) is 9.18 Å². The number of pyridine rings is 2. The number of esters is 1. The molecule has 318 valence electrons. The maximum absolute atomic E-state index is 15.9. The summed E-state index contributed by atoms with van der Waals surface area (Å²) in [5.41, 5.74) is 0.332. The lowest BCUT2D eigenvalue weighted by atomic mass is 9.80. The third kappa shape index (κ3) is 10.5. The topological polar surface area (TPSA) is 226 Å². The molecule has 2 aromatic carbocycles. The number of methoxy groups -OCH3 is 1. The monoisotopic (exact) mass is 858 g/mol. The van der Waals surface area contributed by atoms with Gasteiger partial charge >= 0.3 is 19.5 Å². The average molecular weight is 859 g/mol. The number of anilines is 1. The Morgan fingerprint density at radius 3 is 2.17 bits per heavy atom. The number of aromatic carboxylic acids is 1. The number of aryl methyl sites for hydroxylation is 2. The Morgan fingerprint density at radius 2 is 1.66 bits per heavy atom. The number of fused-ring (bicyclic) bond motifs is 1. The van der Waals surface area contributed by atoms with Crippen LogP contribution in [0.2, 0.25) is 0 Å². The first-order valence-electron chi connectivity index (χ1n) is 18.8. The van der Waals surface area contributed by atoms with Gasteiger partial charge in [0, 0.05) is 78.9 Å². The van der Waals surface area contributed by atoms with Crippen molar-refractivity contribution in [3.8, 4) is 11.5 Å². The van der Waals surface area contributed by atoms with E-state index < -0.39 is 61.1 Å². The number of amides is 1. The van der Waals surface area contributed by atoms with Crippen LogP contribution in [-0.2, 0) is 24.1 Å². The fourth-order valence-corrected chi connectivity index (χ4v) is 10.6. The van der Waals surface area contributed by atoms with Gasteiger partial charge in [0.1, 0.15) is 22.9 Å². The van der Waals surface area contributed by atoms with Gasteiger partial charge in [0.05, 0.1) is 18.0 Å². The molecule has 2 unspecified atom stereocenters. The van der Waals surface area contributed by atoms with E-state index in [0.29, 0.717) is 5.52 Å². The number of halogens is 1. The predicted octanol–water partition coefficient (Wildman–Crippen LogP) is 5.24. The molecular weight excluding hydrogens is 809 g/mol. The van der Waals surface area contributed by atoms with Crippen molar-refractivity contribution in [3.63, 3.8) is 0 Å². The second-order valence-electron chi connectivity index (χ2n) is 15.6. The highest BCUT2D eigenvalue weighted by Crippen LogP contribution is 2.54. The molecular formula is C40H49FN4O12P2. The minimum Gasteiger partial charge on any atom is -0.492 e. The molecule has 19 heteroatoms. The number of hydrogen-bond acceptors (Lipinski definition) is 10. The number of rotatable bonds is 11. The van der Waals surface area contributed by atoms with Gasteiger partial charge in [-0.2, -0.15) is 0 Å². The zero-order valence-electron chi connectivity index (χ0n) is 33.8. The van der Waals surface area contributed by atoms with Crippen LogP contribution in [0, 0.1) is 19.7 Å². The fourth-order valence-electron chi connectivity index (χ4n) is 7.35. The molecule has 1 aliphatic carbocycles. The number of carboxylic acid groups (broad SMARTS) is 1. The molecule has 2 atom stereocenters. The molecule has 1 saturated carbocycles. The van der Waals surface area contributed by atoms with E-state index in [1.807, 2.05) is 32.0 Å². The summed E-state index contributed by atoms with van der Waals surface area (Å²) < 4.78 is 53.1. The quantitative estimate of drug-likeness (QED) is 0.0860. The molecule has 16 nitrogen and oxygen atoms in total. The van der Waals surface area contributed by atoms with E-state index >= 15 is 4.39 Å². The number of carbonyl (C=O) groups is 3. The van der Waals surface area contributed by atoms with E-state index in [9.17, 15) is 48.1 Å². The third-order valence-electron chi connectivity index (χ3n) is 10.2. The Morgan fingerprint density at radius 1 is 1.02 bits per heavy atom. The summed E-state index contributed by atoms with van der Waals surface area (Å²) in [6.45, 7) is 10.7. The minimum atomic E-state index is -4.88. The van der Waals surface area contributed by atoms with Gasteiger partial charge < -0.3 is 43.6 Å². The van der Waals surface area contributed by atoms with Crippen molar-refractivity contribution in [2.24, 2.45) is 0 Å². The lowest BCUT2D eigenvalue weighted by Gasteiger charge is -2.42. The van der Waals surface area contributed by atoms with Crippen molar-refractivity contribution in [1.29, 1.82) is 0 Å². The fraction of sp³-hybridized carbons (Fsp3) is 0.425. The number of aromatic nitrogens is 2. The molecule has 1 saturated heterocycles. The number of benzene rings is 2. The van der Waals surface area contributed by atoms with Gasteiger partial charge in [-0.15, -0.1) is 0 Å². The Hall–Kier alpha value is -4.92. The van der Waals surface area contributed by atoms with Gasteiger partial charge in [-0.3, -0.25) is 28.5 Å². The van der Waals surface area contributed by atoms with E-state index in [2.05, 4.69) is 4.98 Å². The summed E-state index contributed by atoms with van der Waals surface area (Å²) in [5, 5.41) is 9.23. The molecule has 1 aliphatic heterocycles. The van der Waals surface area contributed by atoms with Crippen molar-refractivity contribution in [1.82, 2.24) is 14.5 Å². The Kier molecular flexibility index (Phi) is 13.3. The lowest BCUT2D eigenvalue weighted by molar-refractivity contribution is -0.134. The molecule has 3 heterocycles.